The molecule has 0 bridgehead atoms. The van der Waals surface area contributed by atoms with E-state index in [4.69, 9.17) is 9.47 Å². The maximum absolute atomic E-state index is 12.0. The average Bonchev–Trinajstić information content (AvgIpc) is 2.95. The number of fused-ring (bicyclic) bond motifs is 1. The first kappa shape index (κ1) is 16.2. The van der Waals surface area contributed by atoms with E-state index in [1.807, 2.05) is 20.8 Å². The molecule has 9 heteroatoms. The summed E-state index contributed by atoms with van der Waals surface area (Å²) < 4.78 is 11.0. The molecule has 3 heterocycles. The number of amides is 1. The molecule has 1 saturated heterocycles. The molecule has 1 amide bonds. The van der Waals surface area contributed by atoms with Crippen LogP contribution in [0.15, 0.2) is 17.3 Å². The van der Waals surface area contributed by atoms with Gasteiger partial charge in [0.1, 0.15) is 17.2 Å². The molecule has 24 heavy (non-hydrogen) atoms. The van der Waals surface area contributed by atoms with Gasteiger partial charge in [-0.05, 0) is 20.8 Å². The second kappa shape index (κ2) is 6.06. The van der Waals surface area contributed by atoms with E-state index in [9.17, 15) is 9.59 Å². The quantitative estimate of drug-likeness (QED) is 0.876. The number of nitrogens with one attached hydrogen (secondary N) is 1. The normalized spacial score (nSPS) is 18.0. The van der Waals surface area contributed by atoms with E-state index in [2.05, 4.69) is 19.9 Å². The smallest absolute Gasteiger partial charge is 0.410 e. The van der Waals surface area contributed by atoms with Crippen molar-refractivity contribution >= 4 is 17.1 Å². The second-order valence-corrected chi connectivity index (χ2v) is 6.57. The van der Waals surface area contributed by atoms with Crippen LogP contribution >= 0.6 is 0 Å². The van der Waals surface area contributed by atoms with E-state index in [0.29, 0.717) is 25.0 Å². The molecule has 0 aromatic carbocycles. The second-order valence-electron chi connectivity index (χ2n) is 6.57. The number of carbonyl (C=O) groups excluding carboxylic acids is 1. The Labute approximate surface area is 138 Å². The fourth-order valence-electron chi connectivity index (χ4n) is 2.37. The molecule has 3 rings (SSSR count). The molecule has 1 fully saturated rings. The lowest BCUT2D eigenvalue weighted by atomic mass is 10.2. The molecule has 0 radical (unpaired) electrons. The van der Waals surface area contributed by atoms with Crippen molar-refractivity contribution in [3.05, 3.63) is 22.9 Å². The minimum Gasteiger partial charge on any atom is -0.458 e. The predicted octanol–water partition coefficient (Wildman–Crippen LogP) is 1.10. The largest absolute Gasteiger partial charge is 0.458 e. The molecule has 0 saturated carbocycles. The lowest BCUT2D eigenvalue weighted by molar-refractivity contribution is 0.0274. The summed E-state index contributed by atoms with van der Waals surface area (Å²) in [6.45, 7) is 6.39. The number of aromatic nitrogens is 4. The molecule has 2 aromatic rings. The van der Waals surface area contributed by atoms with Crippen LogP contribution in [-0.2, 0) is 4.74 Å². The van der Waals surface area contributed by atoms with Crippen molar-refractivity contribution < 1.29 is 14.3 Å². The van der Waals surface area contributed by atoms with Gasteiger partial charge in [-0.25, -0.2) is 14.8 Å². The lowest BCUT2D eigenvalue weighted by Crippen LogP contribution is -2.36. The summed E-state index contributed by atoms with van der Waals surface area (Å²) in [5.74, 6) is 0. The molecule has 0 unspecified atom stereocenters. The van der Waals surface area contributed by atoms with Crippen LogP contribution in [0.1, 0.15) is 27.2 Å². The maximum atomic E-state index is 12.0. The van der Waals surface area contributed by atoms with Gasteiger partial charge in [-0.2, -0.15) is 4.98 Å². The minimum atomic E-state index is -0.536. The maximum Gasteiger partial charge on any atom is 0.410 e. The van der Waals surface area contributed by atoms with Gasteiger partial charge in [0.25, 0.3) is 5.56 Å². The van der Waals surface area contributed by atoms with E-state index in [-0.39, 0.29) is 29.3 Å². The molecular formula is C15H19N5O4. The third kappa shape index (κ3) is 3.61. The Bertz CT molecular complexity index is 813. The lowest BCUT2D eigenvalue weighted by Gasteiger charge is -2.24. The fraction of sp³-hybridized carbons (Fsp3) is 0.533. The van der Waals surface area contributed by atoms with Crippen molar-refractivity contribution in [2.75, 3.05) is 13.1 Å². The Hall–Kier alpha value is -2.71. The summed E-state index contributed by atoms with van der Waals surface area (Å²) in [5, 5.41) is 0. The van der Waals surface area contributed by atoms with Crippen LogP contribution in [0.2, 0.25) is 0 Å². The van der Waals surface area contributed by atoms with Gasteiger partial charge >= 0.3 is 12.1 Å². The number of carbonyl (C=O) groups is 1. The highest BCUT2D eigenvalue weighted by Gasteiger charge is 2.31. The fourth-order valence-corrected chi connectivity index (χ4v) is 2.37. The van der Waals surface area contributed by atoms with Gasteiger partial charge in [0.05, 0.1) is 19.1 Å². The van der Waals surface area contributed by atoms with Crippen molar-refractivity contribution in [1.29, 1.82) is 0 Å². The summed E-state index contributed by atoms with van der Waals surface area (Å²) in [6.07, 6.45) is 2.77. The van der Waals surface area contributed by atoms with Gasteiger partial charge in [0, 0.05) is 13.0 Å². The van der Waals surface area contributed by atoms with E-state index in [1.54, 1.807) is 4.90 Å². The van der Waals surface area contributed by atoms with Crippen molar-refractivity contribution in [2.24, 2.45) is 0 Å². The zero-order valence-corrected chi connectivity index (χ0v) is 13.8. The van der Waals surface area contributed by atoms with Crippen LogP contribution in [0.4, 0.5) is 4.79 Å². The van der Waals surface area contributed by atoms with E-state index in [1.165, 1.54) is 12.5 Å². The summed E-state index contributed by atoms with van der Waals surface area (Å²) in [7, 11) is 0. The third-order valence-electron chi connectivity index (χ3n) is 3.43. The average molecular weight is 333 g/mol. The van der Waals surface area contributed by atoms with Crippen LogP contribution in [0.5, 0.6) is 6.01 Å². The summed E-state index contributed by atoms with van der Waals surface area (Å²) >= 11 is 0. The van der Waals surface area contributed by atoms with Gasteiger partial charge < -0.3 is 19.4 Å². The summed E-state index contributed by atoms with van der Waals surface area (Å²) in [6, 6.07) is 0.0945. The number of H-pyrrole nitrogens is 1. The topological polar surface area (TPSA) is 110 Å². The monoisotopic (exact) mass is 333 g/mol. The van der Waals surface area contributed by atoms with Crippen molar-refractivity contribution in [2.45, 2.75) is 38.9 Å². The number of rotatable bonds is 2. The molecular weight excluding hydrogens is 314 g/mol. The Kier molecular flexibility index (Phi) is 4.08. The van der Waals surface area contributed by atoms with Gasteiger partial charge in [-0.1, -0.05) is 0 Å². The highest BCUT2D eigenvalue weighted by Crippen LogP contribution is 2.18. The number of nitrogens with zero attached hydrogens (tertiary/aromatic N) is 4. The molecule has 0 spiro atoms. The highest BCUT2D eigenvalue weighted by atomic mass is 16.6. The van der Waals surface area contributed by atoms with Crippen LogP contribution in [0.3, 0.4) is 0 Å². The van der Waals surface area contributed by atoms with Gasteiger partial charge in [0.2, 0.25) is 0 Å². The number of aromatic amines is 1. The summed E-state index contributed by atoms with van der Waals surface area (Å²) in [5.41, 5.74) is -0.322. The first-order chi connectivity index (χ1) is 11.3. The highest BCUT2D eigenvalue weighted by molar-refractivity contribution is 5.71. The van der Waals surface area contributed by atoms with Crippen molar-refractivity contribution in [3.63, 3.8) is 0 Å². The van der Waals surface area contributed by atoms with Gasteiger partial charge in [-0.15, -0.1) is 0 Å². The molecule has 1 N–H and O–H groups in total. The zero-order valence-electron chi connectivity index (χ0n) is 13.8. The number of likely N-dealkylation sites (tertiary alicyclic amines) is 1. The Morgan fingerprint density at radius 2 is 2.17 bits per heavy atom. The number of hydrogen-bond donors (Lipinski definition) is 1. The van der Waals surface area contributed by atoms with Crippen molar-refractivity contribution in [1.82, 2.24) is 24.8 Å². The molecule has 2 aromatic heterocycles. The molecule has 1 aliphatic rings. The Morgan fingerprint density at radius 3 is 2.92 bits per heavy atom. The molecule has 1 aliphatic heterocycles. The van der Waals surface area contributed by atoms with E-state index in [0.717, 1.165) is 0 Å². The molecule has 0 aliphatic carbocycles. The van der Waals surface area contributed by atoms with Gasteiger partial charge in [-0.3, -0.25) is 4.79 Å². The van der Waals surface area contributed by atoms with Crippen LogP contribution in [0, 0.1) is 0 Å². The molecule has 128 valence electrons. The van der Waals surface area contributed by atoms with E-state index < -0.39 is 5.60 Å². The van der Waals surface area contributed by atoms with E-state index >= 15 is 0 Å². The minimum absolute atomic E-state index is 0.0945. The third-order valence-corrected chi connectivity index (χ3v) is 3.43. The van der Waals surface area contributed by atoms with Crippen molar-refractivity contribution in [3.8, 4) is 6.01 Å². The van der Waals surface area contributed by atoms with Gasteiger partial charge in [0.15, 0.2) is 5.52 Å². The first-order valence-corrected chi connectivity index (χ1v) is 7.67. The standard InChI is InChI=1S/C15H19N5O4/c1-15(2,3)24-14(22)20-5-4-9(7-20)23-13-16-6-10-11(19-13)12(21)18-8-17-10/h6,8-9H,4-5,7H2,1-3H3,(H,17,18,21)/t9-/m0/s1. The summed E-state index contributed by atoms with van der Waals surface area (Å²) in [4.78, 5) is 39.9. The van der Waals surface area contributed by atoms with Crippen LogP contribution in [-0.4, -0.2) is 55.7 Å². The molecule has 9 nitrogen and oxygen atoms in total. The predicted molar refractivity (Wildman–Crippen MR) is 84.8 cm³/mol. The number of hydrogen-bond acceptors (Lipinski definition) is 7. The first-order valence-electron chi connectivity index (χ1n) is 7.67. The molecule has 1 atom stereocenters. The Morgan fingerprint density at radius 1 is 1.38 bits per heavy atom. The SMILES string of the molecule is CC(C)(C)OC(=O)N1CC[C@H](Oc2ncc3nc[nH]c(=O)c3n2)C1. The van der Waals surface area contributed by atoms with Crippen LogP contribution in [0.25, 0.3) is 11.0 Å². The van der Waals surface area contributed by atoms with Crippen LogP contribution < -0.4 is 10.3 Å². The zero-order chi connectivity index (χ0) is 17.3. The Balaban J connectivity index is 1.66. The number of ether oxygens (including phenoxy) is 2.